The maximum Gasteiger partial charge on any atom is 0.130 e. The van der Waals surface area contributed by atoms with Gasteiger partial charge in [-0.3, -0.25) is 9.97 Å². The maximum absolute atomic E-state index is 4.12. The molecule has 0 aliphatic rings. The van der Waals surface area contributed by atoms with Gasteiger partial charge in [-0.2, -0.15) is 0 Å². The molecule has 4 rings (SSSR count). The molecule has 0 aliphatic carbocycles. The number of hydrogen-bond acceptors (Lipinski definition) is 8. The monoisotopic (exact) mass is 729 g/mol. The summed E-state index contributed by atoms with van der Waals surface area (Å²) >= 11 is 0. The van der Waals surface area contributed by atoms with Gasteiger partial charge in [-0.15, -0.1) is 0 Å². The molecule has 0 amide bonds. The second kappa shape index (κ2) is 62.5. The summed E-state index contributed by atoms with van der Waals surface area (Å²) in [5.41, 5.74) is 3.35. The van der Waals surface area contributed by atoms with E-state index in [1.54, 1.807) is 49.8 Å². The van der Waals surface area contributed by atoms with Gasteiger partial charge in [0.05, 0.1) is 5.69 Å². The molecule has 52 heavy (non-hydrogen) atoms. The van der Waals surface area contributed by atoms with E-state index in [2.05, 4.69) is 95.3 Å². The highest BCUT2D eigenvalue weighted by molar-refractivity contribution is 5.07. The van der Waals surface area contributed by atoms with E-state index in [-0.39, 0.29) is 0 Å². The Hall–Kier alpha value is -3.68. The highest BCUT2D eigenvalue weighted by Gasteiger charge is 1.98. The predicted octanol–water partition coefficient (Wildman–Crippen LogP) is 14.6. The smallest absolute Gasteiger partial charge is 0.130 e. The van der Waals surface area contributed by atoms with Gasteiger partial charge in [-0.1, -0.05) is 166 Å². The van der Waals surface area contributed by atoms with Crippen LogP contribution in [-0.4, -0.2) is 39.9 Å². The quantitative estimate of drug-likeness (QED) is 0.205. The van der Waals surface area contributed by atoms with Gasteiger partial charge in [-0.25, -0.2) is 29.9 Å². The van der Waals surface area contributed by atoms with E-state index in [9.17, 15) is 0 Å². The molecule has 0 unspecified atom stereocenters. The zero-order valence-corrected chi connectivity index (χ0v) is 38.8. The van der Waals surface area contributed by atoms with Crippen LogP contribution in [0.3, 0.4) is 0 Å². The van der Waals surface area contributed by atoms with Crippen molar-refractivity contribution in [2.24, 2.45) is 0 Å². The lowest BCUT2D eigenvalue weighted by atomic mass is 10.1. The molecule has 4 aromatic rings. The van der Waals surface area contributed by atoms with Gasteiger partial charge in [0, 0.05) is 61.2 Å². The first-order valence-electron chi connectivity index (χ1n) is 20.3. The van der Waals surface area contributed by atoms with Crippen molar-refractivity contribution in [1.82, 2.24) is 39.9 Å². The van der Waals surface area contributed by atoms with Crippen molar-refractivity contribution in [2.45, 2.75) is 190 Å². The lowest BCUT2D eigenvalue weighted by Gasteiger charge is -1.99. The summed E-state index contributed by atoms with van der Waals surface area (Å²) in [5.74, 6) is 2.88. The number of rotatable bonds is 4. The zero-order valence-electron chi connectivity index (χ0n) is 38.8. The van der Waals surface area contributed by atoms with Crippen LogP contribution in [0.2, 0.25) is 0 Å². The third-order valence-corrected chi connectivity index (χ3v) is 4.72. The number of nitrogens with zero attached hydrogens (tertiary/aromatic N) is 8. The van der Waals surface area contributed by atoms with E-state index in [1.807, 2.05) is 135 Å². The Labute approximate surface area is 326 Å². The lowest BCUT2D eigenvalue weighted by molar-refractivity contribution is 0.774. The molecule has 4 heterocycles. The van der Waals surface area contributed by atoms with Crippen molar-refractivity contribution < 1.29 is 0 Å². The van der Waals surface area contributed by atoms with Crippen LogP contribution in [0.5, 0.6) is 0 Å². The third-order valence-electron chi connectivity index (χ3n) is 4.72. The Bertz CT molecular complexity index is 857. The van der Waals surface area contributed by atoms with E-state index in [0.717, 1.165) is 17.2 Å². The summed E-state index contributed by atoms with van der Waals surface area (Å²) in [6, 6.07) is 3.76. The molecule has 8 heteroatoms. The van der Waals surface area contributed by atoms with Crippen LogP contribution in [-0.2, 0) is 0 Å². The Balaban J connectivity index is -0.0000000731. The van der Waals surface area contributed by atoms with Crippen LogP contribution < -0.4 is 0 Å². The average molecular weight is 729 g/mol. The van der Waals surface area contributed by atoms with Gasteiger partial charge in [0.2, 0.25) is 0 Å². The lowest BCUT2D eigenvalue weighted by Crippen LogP contribution is -1.93. The molecular weight excluding hydrogens is 641 g/mol. The molecule has 0 bridgehead atoms. The van der Waals surface area contributed by atoms with Gasteiger partial charge >= 0.3 is 0 Å². The van der Waals surface area contributed by atoms with E-state index in [0.29, 0.717) is 23.7 Å². The average Bonchev–Trinajstić information content (AvgIpc) is 3.25. The van der Waals surface area contributed by atoms with Crippen molar-refractivity contribution in [3.63, 3.8) is 0 Å². The summed E-state index contributed by atoms with van der Waals surface area (Å²) in [4.78, 5) is 31.9. The minimum atomic E-state index is 0.436. The fraction of sp³-hybridized carbons (Fsp3) is 0.636. The molecular formula is C44H88N8. The van der Waals surface area contributed by atoms with Crippen molar-refractivity contribution in [3.8, 4) is 0 Å². The fourth-order valence-electron chi connectivity index (χ4n) is 2.47. The SMILES string of the molecule is CC.CC.CC.CC.CC.CC.CC.CC.CC(C)c1ccncn1.CC(C)c1cnccn1.CC(C)c1cncnc1.CC(C)c1ncccn1. The van der Waals surface area contributed by atoms with Crippen molar-refractivity contribution in [1.29, 1.82) is 0 Å². The summed E-state index contributed by atoms with van der Waals surface area (Å²) in [7, 11) is 0. The van der Waals surface area contributed by atoms with Crippen LogP contribution in [0, 0.1) is 0 Å². The highest BCUT2D eigenvalue weighted by atomic mass is 14.9. The molecule has 4 aromatic heterocycles. The molecule has 0 aliphatic heterocycles. The second-order valence-corrected chi connectivity index (χ2v) is 9.16. The summed E-state index contributed by atoms with van der Waals surface area (Å²) < 4.78 is 0. The normalized spacial score (nSPS) is 7.92. The van der Waals surface area contributed by atoms with Gasteiger partial charge < -0.3 is 0 Å². The van der Waals surface area contributed by atoms with Crippen molar-refractivity contribution in [2.75, 3.05) is 0 Å². The minimum Gasteiger partial charge on any atom is -0.261 e. The predicted molar refractivity (Wildman–Crippen MR) is 235 cm³/mol. The van der Waals surface area contributed by atoms with Crippen LogP contribution in [0.4, 0.5) is 0 Å². The first-order valence-corrected chi connectivity index (χ1v) is 20.3. The second-order valence-electron chi connectivity index (χ2n) is 9.16. The molecule has 0 N–H and O–H groups in total. The summed E-state index contributed by atoms with van der Waals surface area (Å²) in [5, 5.41) is 0. The first kappa shape index (κ1) is 66.6. The Morgan fingerprint density at radius 1 is 0.346 bits per heavy atom. The molecule has 0 radical (unpaired) electrons. The maximum atomic E-state index is 4.12. The summed E-state index contributed by atoms with van der Waals surface area (Å²) in [6.45, 7) is 48.8. The van der Waals surface area contributed by atoms with E-state index < -0.39 is 0 Å². The zero-order chi connectivity index (χ0) is 42.8. The standard InChI is InChI=1S/4C7H10N2.8C2H6/c1-6(2)7-3-8-5-9-4-7;1-6(2)7-5-8-3-4-9-7;1-6(2)7-3-4-8-5-9-7;1-6(2)7-8-4-3-5-9-7;8*1-2/h4*3-6H,1-2H3;8*1-2H3. The Kier molecular flexibility index (Phi) is 79.9. The van der Waals surface area contributed by atoms with E-state index >= 15 is 0 Å². The molecule has 304 valence electrons. The number of aromatic nitrogens is 8. The Morgan fingerprint density at radius 2 is 0.788 bits per heavy atom. The van der Waals surface area contributed by atoms with Gasteiger partial charge in [0.1, 0.15) is 18.5 Å². The van der Waals surface area contributed by atoms with E-state index in [1.165, 1.54) is 5.56 Å². The first-order chi connectivity index (χ1) is 25.2. The van der Waals surface area contributed by atoms with Crippen LogP contribution in [0.1, 0.15) is 213 Å². The van der Waals surface area contributed by atoms with Crippen molar-refractivity contribution in [3.05, 3.63) is 97.1 Å². The molecule has 0 aromatic carbocycles. The summed E-state index contributed by atoms with van der Waals surface area (Å²) in [6.07, 6.45) is 17.3. The minimum absolute atomic E-state index is 0.436. The van der Waals surface area contributed by atoms with Crippen molar-refractivity contribution >= 4 is 0 Å². The van der Waals surface area contributed by atoms with Crippen LogP contribution in [0.15, 0.2) is 74.4 Å². The molecule has 0 atom stereocenters. The fourth-order valence-corrected chi connectivity index (χ4v) is 2.47. The third kappa shape index (κ3) is 48.4. The van der Waals surface area contributed by atoms with E-state index in [4.69, 9.17) is 0 Å². The molecule has 8 nitrogen and oxygen atoms in total. The van der Waals surface area contributed by atoms with Gasteiger partial charge in [-0.05, 0) is 35.4 Å². The number of hydrogen-bond donors (Lipinski definition) is 0. The Morgan fingerprint density at radius 3 is 1.02 bits per heavy atom. The van der Waals surface area contributed by atoms with Crippen LogP contribution >= 0.6 is 0 Å². The van der Waals surface area contributed by atoms with Gasteiger partial charge in [0.15, 0.2) is 0 Å². The highest BCUT2D eigenvalue weighted by Crippen LogP contribution is 2.09. The molecule has 0 saturated heterocycles. The van der Waals surface area contributed by atoms with Crippen LogP contribution in [0.25, 0.3) is 0 Å². The molecule has 0 fully saturated rings. The largest absolute Gasteiger partial charge is 0.261 e. The molecule has 0 spiro atoms. The van der Waals surface area contributed by atoms with Gasteiger partial charge in [0.25, 0.3) is 0 Å². The topological polar surface area (TPSA) is 103 Å². The molecule has 0 saturated carbocycles.